The van der Waals surface area contributed by atoms with Crippen molar-refractivity contribution >= 4 is 11.9 Å². The standard InChI is InChI=1S/C16H29NO4/c1-6-8-11(3)9-13(18)17-16(14(19)20)10-12(21-7-2)15(16,4)5/h11-12H,6-10H2,1-5H3,(H,17,18)(H,19,20). The number of nitrogens with one attached hydrogen (secondary N) is 1. The van der Waals surface area contributed by atoms with Crippen LogP contribution >= 0.6 is 0 Å². The molecule has 0 aromatic heterocycles. The lowest BCUT2D eigenvalue weighted by Crippen LogP contribution is -2.76. The van der Waals surface area contributed by atoms with Gasteiger partial charge in [0.25, 0.3) is 0 Å². The molecule has 0 bridgehead atoms. The minimum atomic E-state index is -1.21. The van der Waals surface area contributed by atoms with Crippen LogP contribution in [-0.2, 0) is 14.3 Å². The molecule has 1 amide bonds. The smallest absolute Gasteiger partial charge is 0.330 e. The fraction of sp³-hybridized carbons (Fsp3) is 0.875. The van der Waals surface area contributed by atoms with Gasteiger partial charge in [-0.3, -0.25) is 4.79 Å². The summed E-state index contributed by atoms with van der Waals surface area (Å²) >= 11 is 0. The predicted octanol–water partition coefficient (Wildman–Crippen LogP) is 2.59. The van der Waals surface area contributed by atoms with Gasteiger partial charge in [0, 0.05) is 24.9 Å². The fourth-order valence-corrected chi connectivity index (χ4v) is 3.24. The van der Waals surface area contributed by atoms with Crippen molar-refractivity contribution in [2.75, 3.05) is 6.61 Å². The molecule has 0 aromatic carbocycles. The first-order valence-electron chi connectivity index (χ1n) is 7.87. The van der Waals surface area contributed by atoms with Gasteiger partial charge in [-0.05, 0) is 12.8 Å². The molecule has 2 N–H and O–H groups in total. The normalized spacial score (nSPS) is 28.5. The van der Waals surface area contributed by atoms with Gasteiger partial charge in [-0.25, -0.2) is 4.79 Å². The van der Waals surface area contributed by atoms with E-state index in [1.54, 1.807) is 0 Å². The topological polar surface area (TPSA) is 75.6 Å². The van der Waals surface area contributed by atoms with Gasteiger partial charge < -0.3 is 15.2 Å². The summed E-state index contributed by atoms with van der Waals surface area (Å²) in [6.07, 6.45) is 2.57. The van der Waals surface area contributed by atoms with E-state index in [1.807, 2.05) is 27.7 Å². The maximum absolute atomic E-state index is 12.2. The van der Waals surface area contributed by atoms with E-state index in [0.29, 0.717) is 19.4 Å². The van der Waals surface area contributed by atoms with Gasteiger partial charge >= 0.3 is 5.97 Å². The first-order chi connectivity index (χ1) is 9.71. The summed E-state index contributed by atoms with van der Waals surface area (Å²) in [6, 6.07) is 0. The number of hydrogen-bond acceptors (Lipinski definition) is 3. The fourth-order valence-electron chi connectivity index (χ4n) is 3.24. The molecule has 5 nitrogen and oxygen atoms in total. The molecule has 3 atom stereocenters. The maximum atomic E-state index is 12.2. The van der Waals surface area contributed by atoms with Crippen LogP contribution in [0.4, 0.5) is 0 Å². The number of carboxylic acids is 1. The third-order valence-electron chi connectivity index (χ3n) is 4.80. The molecular formula is C16H29NO4. The Morgan fingerprint density at radius 2 is 2.00 bits per heavy atom. The molecule has 0 spiro atoms. The van der Waals surface area contributed by atoms with E-state index in [9.17, 15) is 14.7 Å². The van der Waals surface area contributed by atoms with Gasteiger partial charge in [0.2, 0.25) is 5.91 Å². The summed E-state index contributed by atoms with van der Waals surface area (Å²) in [5.74, 6) is -0.881. The Morgan fingerprint density at radius 1 is 1.38 bits per heavy atom. The molecule has 0 aliphatic heterocycles. The van der Waals surface area contributed by atoms with Crippen LogP contribution in [0, 0.1) is 11.3 Å². The highest BCUT2D eigenvalue weighted by Gasteiger charge is 2.66. The van der Waals surface area contributed by atoms with Gasteiger partial charge in [-0.15, -0.1) is 0 Å². The maximum Gasteiger partial charge on any atom is 0.330 e. The number of rotatable bonds is 8. The van der Waals surface area contributed by atoms with E-state index >= 15 is 0 Å². The Kier molecular flexibility index (Phi) is 5.79. The summed E-state index contributed by atoms with van der Waals surface area (Å²) in [6.45, 7) is 10.2. The van der Waals surface area contributed by atoms with E-state index in [0.717, 1.165) is 12.8 Å². The molecule has 1 rings (SSSR count). The highest BCUT2D eigenvalue weighted by Crippen LogP contribution is 2.51. The van der Waals surface area contributed by atoms with Crippen LogP contribution in [0.15, 0.2) is 0 Å². The minimum absolute atomic E-state index is 0.132. The highest BCUT2D eigenvalue weighted by molar-refractivity contribution is 5.89. The number of carboxylic acid groups (broad SMARTS) is 1. The molecule has 0 radical (unpaired) electrons. The number of hydrogen-bond donors (Lipinski definition) is 2. The second-order valence-electron chi connectivity index (χ2n) is 6.73. The summed E-state index contributed by atoms with van der Waals surface area (Å²) in [7, 11) is 0. The SMILES string of the molecule is CCCC(C)CC(=O)NC1(C(=O)O)CC(OCC)C1(C)C. The first kappa shape index (κ1) is 18.0. The number of amides is 1. The van der Waals surface area contributed by atoms with Crippen molar-refractivity contribution in [1.82, 2.24) is 5.32 Å². The number of aliphatic carboxylic acids is 1. The number of ether oxygens (including phenoxy) is 1. The molecule has 0 saturated heterocycles. The third kappa shape index (κ3) is 3.39. The second kappa shape index (κ2) is 6.77. The van der Waals surface area contributed by atoms with E-state index in [-0.39, 0.29) is 17.9 Å². The summed E-state index contributed by atoms with van der Waals surface area (Å²) in [4.78, 5) is 23.9. The van der Waals surface area contributed by atoms with Crippen molar-refractivity contribution in [3.8, 4) is 0 Å². The lowest BCUT2D eigenvalue weighted by Gasteiger charge is -2.58. The number of carbonyl (C=O) groups is 2. The summed E-state index contributed by atoms with van der Waals surface area (Å²) in [5.41, 5.74) is -1.83. The molecule has 5 heteroatoms. The van der Waals surface area contributed by atoms with Crippen molar-refractivity contribution in [1.29, 1.82) is 0 Å². The van der Waals surface area contributed by atoms with Gasteiger partial charge in [-0.1, -0.05) is 40.5 Å². The quantitative estimate of drug-likeness (QED) is 0.722. The van der Waals surface area contributed by atoms with Crippen molar-refractivity contribution in [3.05, 3.63) is 0 Å². The Hall–Kier alpha value is -1.10. The zero-order valence-corrected chi connectivity index (χ0v) is 13.9. The van der Waals surface area contributed by atoms with Crippen LogP contribution in [0.25, 0.3) is 0 Å². The third-order valence-corrected chi connectivity index (χ3v) is 4.80. The van der Waals surface area contributed by atoms with Crippen LogP contribution in [0.2, 0.25) is 0 Å². The largest absolute Gasteiger partial charge is 0.479 e. The average molecular weight is 299 g/mol. The van der Waals surface area contributed by atoms with Crippen LogP contribution in [0.1, 0.15) is 60.3 Å². The molecule has 122 valence electrons. The molecule has 1 fully saturated rings. The van der Waals surface area contributed by atoms with Gasteiger partial charge in [-0.2, -0.15) is 0 Å². The van der Waals surface area contributed by atoms with E-state index in [4.69, 9.17) is 4.74 Å². The molecule has 1 saturated carbocycles. The van der Waals surface area contributed by atoms with Crippen LogP contribution < -0.4 is 5.32 Å². The van der Waals surface area contributed by atoms with Gasteiger partial charge in [0.1, 0.15) is 5.54 Å². The lowest BCUT2D eigenvalue weighted by atomic mass is 9.54. The minimum Gasteiger partial charge on any atom is -0.479 e. The second-order valence-corrected chi connectivity index (χ2v) is 6.73. The molecule has 0 aromatic rings. The first-order valence-corrected chi connectivity index (χ1v) is 7.87. The van der Waals surface area contributed by atoms with Crippen molar-refractivity contribution in [2.45, 2.75) is 71.9 Å². The molecular weight excluding hydrogens is 270 g/mol. The van der Waals surface area contributed by atoms with Crippen LogP contribution in [0.5, 0.6) is 0 Å². The van der Waals surface area contributed by atoms with Gasteiger partial charge in [0.05, 0.1) is 6.10 Å². The van der Waals surface area contributed by atoms with Crippen LogP contribution in [-0.4, -0.2) is 35.2 Å². The van der Waals surface area contributed by atoms with Crippen molar-refractivity contribution < 1.29 is 19.4 Å². The predicted molar refractivity (Wildman–Crippen MR) is 81.0 cm³/mol. The van der Waals surface area contributed by atoms with Crippen molar-refractivity contribution in [2.24, 2.45) is 11.3 Å². The zero-order chi connectivity index (χ0) is 16.3. The van der Waals surface area contributed by atoms with Gasteiger partial charge in [0.15, 0.2) is 0 Å². The molecule has 21 heavy (non-hydrogen) atoms. The lowest BCUT2D eigenvalue weighted by molar-refractivity contribution is -0.194. The highest BCUT2D eigenvalue weighted by atomic mass is 16.5. The molecule has 0 heterocycles. The van der Waals surface area contributed by atoms with Crippen LogP contribution in [0.3, 0.4) is 0 Å². The Labute approximate surface area is 127 Å². The summed E-state index contributed by atoms with van der Waals surface area (Å²) in [5, 5.41) is 12.4. The molecule has 1 aliphatic carbocycles. The molecule has 3 unspecified atom stereocenters. The Bertz CT molecular complexity index is 394. The monoisotopic (exact) mass is 299 g/mol. The summed E-state index contributed by atoms with van der Waals surface area (Å²) < 4.78 is 5.59. The van der Waals surface area contributed by atoms with E-state index < -0.39 is 16.9 Å². The van der Waals surface area contributed by atoms with E-state index in [2.05, 4.69) is 12.2 Å². The van der Waals surface area contributed by atoms with E-state index in [1.165, 1.54) is 0 Å². The Morgan fingerprint density at radius 3 is 2.43 bits per heavy atom. The van der Waals surface area contributed by atoms with Crippen molar-refractivity contribution in [3.63, 3.8) is 0 Å². The number of carbonyl (C=O) groups excluding carboxylic acids is 1. The zero-order valence-electron chi connectivity index (χ0n) is 13.9. The molecule has 1 aliphatic rings. The Balaban J connectivity index is 2.76. The average Bonchev–Trinajstić information content (AvgIpc) is 2.36.